The van der Waals surface area contributed by atoms with E-state index in [-0.39, 0.29) is 10.7 Å². The molecule has 0 bridgehead atoms. The Morgan fingerprint density at radius 1 is 1.25 bits per heavy atom. The monoisotopic (exact) mass is 293 g/mol. The Morgan fingerprint density at radius 3 is 2.75 bits per heavy atom. The summed E-state index contributed by atoms with van der Waals surface area (Å²) in [4.78, 5) is 4.00. The maximum absolute atomic E-state index is 13.4. The minimum atomic E-state index is -0.600. The minimum Gasteiger partial charge on any atom is -0.370 e. The summed E-state index contributed by atoms with van der Waals surface area (Å²) in [6.07, 6.45) is 0.373. The van der Waals surface area contributed by atoms with Crippen LogP contribution in [0.2, 0.25) is 5.02 Å². The summed E-state index contributed by atoms with van der Waals surface area (Å²) in [6, 6.07) is 8.54. The Labute approximate surface area is 119 Å². The highest BCUT2D eigenvalue weighted by atomic mass is 35.5. The van der Waals surface area contributed by atoms with Crippen LogP contribution in [-0.2, 0) is 6.42 Å². The number of benzene rings is 1. The van der Waals surface area contributed by atoms with E-state index in [1.165, 1.54) is 12.1 Å². The van der Waals surface area contributed by atoms with Crippen molar-refractivity contribution in [2.24, 2.45) is 0 Å². The van der Waals surface area contributed by atoms with Crippen LogP contribution in [0.15, 0.2) is 30.3 Å². The summed E-state index contributed by atoms with van der Waals surface area (Å²) < 4.78 is 26.2. The van der Waals surface area contributed by atoms with Gasteiger partial charge in [-0.05, 0) is 30.2 Å². The largest absolute Gasteiger partial charge is 0.370 e. The van der Waals surface area contributed by atoms with Gasteiger partial charge in [0.05, 0.1) is 5.02 Å². The van der Waals surface area contributed by atoms with Crippen LogP contribution >= 0.6 is 11.6 Å². The van der Waals surface area contributed by atoms with E-state index in [1.807, 2.05) is 6.07 Å². The highest BCUT2D eigenvalue weighted by Crippen LogP contribution is 2.16. The summed E-state index contributed by atoms with van der Waals surface area (Å²) in [5.74, 6) is -0.695. The molecule has 6 heteroatoms. The molecule has 0 aliphatic carbocycles. The predicted octanol–water partition coefficient (Wildman–Crippen LogP) is 3.54. The molecule has 1 aromatic heterocycles. The van der Waals surface area contributed by atoms with E-state index < -0.39 is 11.6 Å². The average molecular weight is 294 g/mol. The van der Waals surface area contributed by atoms with Gasteiger partial charge in [-0.1, -0.05) is 17.7 Å². The Kier molecular flexibility index (Phi) is 4.49. The van der Waals surface area contributed by atoms with Gasteiger partial charge in [0.1, 0.15) is 23.5 Å². The Balaban J connectivity index is 1.98. The van der Waals surface area contributed by atoms with Gasteiger partial charge in [0.2, 0.25) is 0 Å². The standard InChI is InChI=1S/C14H10ClF2N3/c15-11-3-4-14(20-13(11)8-18)19-6-5-9-1-2-10(16)7-12(9)17/h1-4,7H,5-6H2,(H,19,20). The Hall–Kier alpha value is -2.19. The molecule has 0 atom stereocenters. The first-order valence-corrected chi connectivity index (χ1v) is 6.22. The SMILES string of the molecule is N#Cc1nc(NCCc2ccc(F)cc2F)ccc1Cl. The molecule has 0 saturated heterocycles. The molecule has 0 fully saturated rings. The lowest BCUT2D eigenvalue weighted by atomic mass is 10.1. The number of aromatic nitrogens is 1. The number of nitrogens with zero attached hydrogens (tertiary/aromatic N) is 2. The molecular weight excluding hydrogens is 284 g/mol. The van der Waals surface area contributed by atoms with E-state index in [0.29, 0.717) is 24.3 Å². The van der Waals surface area contributed by atoms with Crippen LogP contribution in [0, 0.1) is 23.0 Å². The molecule has 2 rings (SSSR count). The number of halogens is 3. The molecule has 1 aromatic carbocycles. The molecule has 1 heterocycles. The summed E-state index contributed by atoms with van der Waals surface area (Å²) in [5, 5.41) is 12.0. The molecule has 20 heavy (non-hydrogen) atoms. The van der Waals surface area contributed by atoms with E-state index in [1.54, 1.807) is 12.1 Å². The van der Waals surface area contributed by atoms with Crippen molar-refractivity contribution in [3.8, 4) is 6.07 Å². The van der Waals surface area contributed by atoms with E-state index in [0.717, 1.165) is 6.07 Å². The van der Waals surface area contributed by atoms with Crippen molar-refractivity contribution in [2.45, 2.75) is 6.42 Å². The molecular formula is C14H10ClF2N3. The van der Waals surface area contributed by atoms with Gasteiger partial charge in [0, 0.05) is 12.6 Å². The fourth-order valence-electron chi connectivity index (χ4n) is 1.67. The fraction of sp³-hybridized carbons (Fsp3) is 0.143. The highest BCUT2D eigenvalue weighted by Gasteiger charge is 2.05. The van der Waals surface area contributed by atoms with Crippen LogP contribution < -0.4 is 5.32 Å². The highest BCUT2D eigenvalue weighted by molar-refractivity contribution is 6.31. The van der Waals surface area contributed by atoms with Crippen molar-refractivity contribution < 1.29 is 8.78 Å². The molecule has 1 N–H and O–H groups in total. The van der Waals surface area contributed by atoms with Crippen LogP contribution in [-0.4, -0.2) is 11.5 Å². The van der Waals surface area contributed by atoms with Gasteiger partial charge in [-0.2, -0.15) is 5.26 Å². The van der Waals surface area contributed by atoms with E-state index in [2.05, 4.69) is 10.3 Å². The van der Waals surface area contributed by atoms with Crippen LogP contribution in [0.4, 0.5) is 14.6 Å². The maximum Gasteiger partial charge on any atom is 0.161 e. The van der Waals surface area contributed by atoms with Gasteiger partial charge >= 0.3 is 0 Å². The molecule has 3 nitrogen and oxygen atoms in total. The molecule has 2 aromatic rings. The fourth-order valence-corrected chi connectivity index (χ4v) is 1.82. The minimum absolute atomic E-state index is 0.129. The molecule has 0 saturated carbocycles. The van der Waals surface area contributed by atoms with Gasteiger partial charge in [0.15, 0.2) is 5.69 Å². The average Bonchev–Trinajstić information content (AvgIpc) is 2.43. The van der Waals surface area contributed by atoms with Crippen LogP contribution in [0.5, 0.6) is 0 Å². The third-order valence-corrected chi connectivity index (χ3v) is 2.97. The molecule has 0 aliphatic rings. The molecule has 102 valence electrons. The van der Waals surface area contributed by atoms with Crippen molar-refractivity contribution in [1.29, 1.82) is 5.26 Å². The molecule has 0 radical (unpaired) electrons. The topological polar surface area (TPSA) is 48.7 Å². The van der Waals surface area contributed by atoms with E-state index in [4.69, 9.17) is 16.9 Å². The van der Waals surface area contributed by atoms with Crippen LogP contribution in [0.1, 0.15) is 11.3 Å². The third kappa shape index (κ3) is 3.43. The second kappa shape index (κ2) is 6.31. The van der Waals surface area contributed by atoms with Gasteiger partial charge < -0.3 is 5.32 Å². The molecule has 0 aliphatic heterocycles. The van der Waals surface area contributed by atoms with Gasteiger partial charge in [-0.15, -0.1) is 0 Å². The lowest BCUT2D eigenvalue weighted by molar-refractivity contribution is 0.572. The van der Waals surface area contributed by atoms with E-state index in [9.17, 15) is 8.78 Å². The number of pyridine rings is 1. The predicted molar refractivity (Wildman–Crippen MR) is 72.5 cm³/mol. The number of rotatable bonds is 4. The zero-order valence-electron chi connectivity index (χ0n) is 10.3. The number of hydrogen-bond acceptors (Lipinski definition) is 3. The molecule has 0 unspecified atom stereocenters. The van der Waals surface area contributed by atoms with E-state index >= 15 is 0 Å². The number of hydrogen-bond donors (Lipinski definition) is 1. The summed E-state index contributed by atoms with van der Waals surface area (Å²) in [7, 11) is 0. The Morgan fingerprint density at radius 2 is 2.05 bits per heavy atom. The first-order chi connectivity index (χ1) is 9.60. The number of anilines is 1. The lowest BCUT2D eigenvalue weighted by Gasteiger charge is -2.07. The summed E-state index contributed by atoms with van der Waals surface area (Å²) in [6.45, 7) is 0.405. The van der Waals surface area contributed by atoms with Gasteiger partial charge in [-0.3, -0.25) is 0 Å². The van der Waals surface area contributed by atoms with Gasteiger partial charge in [0.25, 0.3) is 0 Å². The first kappa shape index (κ1) is 14.2. The van der Waals surface area contributed by atoms with Crippen molar-refractivity contribution in [1.82, 2.24) is 4.98 Å². The first-order valence-electron chi connectivity index (χ1n) is 5.84. The smallest absolute Gasteiger partial charge is 0.161 e. The third-order valence-electron chi connectivity index (χ3n) is 2.67. The quantitative estimate of drug-likeness (QED) is 0.938. The summed E-state index contributed by atoms with van der Waals surface area (Å²) in [5.41, 5.74) is 0.540. The second-order valence-electron chi connectivity index (χ2n) is 4.05. The zero-order valence-corrected chi connectivity index (χ0v) is 11.1. The normalized spacial score (nSPS) is 10.1. The zero-order chi connectivity index (χ0) is 14.5. The van der Waals surface area contributed by atoms with Gasteiger partial charge in [-0.25, -0.2) is 13.8 Å². The number of nitrogens with one attached hydrogen (secondary N) is 1. The van der Waals surface area contributed by atoms with Crippen LogP contribution in [0.3, 0.4) is 0 Å². The van der Waals surface area contributed by atoms with Crippen molar-refractivity contribution >= 4 is 17.4 Å². The van der Waals surface area contributed by atoms with Crippen LogP contribution in [0.25, 0.3) is 0 Å². The van der Waals surface area contributed by atoms with Crippen molar-refractivity contribution in [2.75, 3.05) is 11.9 Å². The molecule has 0 amide bonds. The Bertz CT molecular complexity index is 668. The second-order valence-corrected chi connectivity index (χ2v) is 4.46. The lowest BCUT2D eigenvalue weighted by Crippen LogP contribution is -2.08. The summed E-state index contributed by atoms with van der Waals surface area (Å²) >= 11 is 5.76. The van der Waals surface area contributed by atoms with Crippen molar-refractivity contribution in [3.05, 3.63) is 58.2 Å². The maximum atomic E-state index is 13.4. The van der Waals surface area contributed by atoms with Crippen molar-refractivity contribution in [3.63, 3.8) is 0 Å². The number of nitriles is 1. The molecule has 0 spiro atoms.